The van der Waals surface area contributed by atoms with Crippen LogP contribution in [0.4, 0.5) is 0 Å². The molecule has 7 nitrogen and oxygen atoms in total. The lowest BCUT2D eigenvalue weighted by molar-refractivity contribution is -0.147. The van der Waals surface area contributed by atoms with Gasteiger partial charge in [-0.15, -0.1) is 0 Å². The summed E-state index contributed by atoms with van der Waals surface area (Å²) in [7, 11) is 0. The lowest BCUT2D eigenvalue weighted by Gasteiger charge is -2.42. The summed E-state index contributed by atoms with van der Waals surface area (Å²) in [6, 6.07) is 4.78. The number of amides is 3. The fourth-order valence-electron chi connectivity index (χ4n) is 4.10. The number of aryl methyl sites for hydroxylation is 1. The third kappa shape index (κ3) is 3.69. The topological polar surface area (TPSA) is 104 Å². The Hall–Kier alpha value is -2.41. The summed E-state index contributed by atoms with van der Waals surface area (Å²) in [5.74, 6) is -1.10. The highest BCUT2D eigenvalue weighted by atomic mass is 16.3. The molecule has 2 fully saturated rings. The number of primary amides is 1. The molecule has 2 aliphatic rings. The van der Waals surface area contributed by atoms with Crippen molar-refractivity contribution in [1.82, 2.24) is 9.80 Å². The average Bonchev–Trinajstić information content (AvgIpc) is 2.88. The molecule has 0 saturated carbocycles. The van der Waals surface area contributed by atoms with E-state index in [1.54, 1.807) is 21.9 Å². The highest BCUT2D eigenvalue weighted by molar-refractivity contribution is 5.99. The normalized spacial score (nSPS) is 22.9. The van der Waals surface area contributed by atoms with Crippen LogP contribution in [0, 0.1) is 12.8 Å². The van der Waals surface area contributed by atoms with Crippen LogP contribution in [-0.4, -0.2) is 63.9 Å². The Morgan fingerprint density at radius 1 is 1.07 bits per heavy atom. The van der Waals surface area contributed by atoms with Crippen LogP contribution in [-0.2, 0) is 4.79 Å². The molecule has 0 radical (unpaired) electrons. The van der Waals surface area contributed by atoms with Crippen LogP contribution in [0.15, 0.2) is 18.2 Å². The van der Waals surface area contributed by atoms with Gasteiger partial charge >= 0.3 is 0 Å². The molecule has 0 aromatic heterocycles. The molecule has 3 amide bonds. The van der Waals surface area contributed by atoms with E-state index in [9.17, 15) is 19.5 Å². The minimum Gasteiger partial charge on any atom is -0.383 e. The number of rotatable bonds is 4. The molecule has 7 heteroatoms. The molecule has 3 atom stereocenters. The molecule has 146 valence electrons. The first-order chi connectivity index (χ1) is 12.7. The molecule has 2 heterocycles. The lowest BCUT2D eigenvalue weighted by atomic mass is 10.0. The summed E-state index contributed by atoms with van der Waals surface area (Å²) in [6.07, 6.45) is 0.640. The predicted octanol–water partition coefficient (Wildman–Crippen LogP) is 0.926. The van der Waals surface area contributed by atoms with Crippen molar-refractivity contribution in [3.05, 3.63) is 34.9 Å². The lowest BCUT2D eigenvalue weighted by Crippen LogP contribution is -2.59. The Labute approximate surface area is 159 Å². The van der Waals surface area contributed by atoms with Crippen molar-refractivity contribution >= 4 is 17.7 Å². The molecule has 2 saturated heterocycles. The van der Waals surface area contributed by atoms with Crippen molar-refractivity contribution in [3.8, 4) is 0 Å². The van der Waals surface area contributed by atoms with Crippen LogP contribution in [0.1, 0.15) is 53.0 Å². The third-order valence-corrected chi connectivity index (χ3v) is 5.52. The zero-order valence-electron chi connectivity index (χ0n) is 16.0. The van der Waals surface area contributed by atoms with Gasteiger partial charge in [-0.25, -0.2) is 0 Å². The Balaban J connectivity index is 1.78. The largest absolute Gasteiger partial charge is 0.383 e. The fraction of sp³-hybridized carbons (Fsp3) is 0.550. The highest BCUT2D eigenvalue weighted by Crippen LogP contribution is 2.32. The number of piperazine rings is 1. The maximum atomic E-state index is 13.0. The van der Waals surface area contributed by atoms with Crippen LogP contribution in [0.25, 0.3) is 0 Å². The van der Waals surface area contributed by atoms with E-state index in [2.05, 4.69) is 0 Å². The maximum absolute atomic E-state index is 13.0. The zero-order chi connectivity index (χ0) is 19.9. The van der Waals surface area contributed by atoms with Crippen molar-refractivity contribution < 1.29 is 19.5 Å². The van der Waals surface area contributed by atoms with Gasteiger partial charge in [0.1, 0.15) is 6.10 Å². The van der Waals surface area contributed by atoms with Gasteiger partial charge in [-0.1, -0.05) is 13.8 Å². The number of nitrogens with zero attached hydrogens (tertiary/aromatic N) is 2. The van der Waals surface area contributed by atoms with E-state index in [1.807, 2.05) is 20.8 Å². The van der Waals surface area contributed by atoms with Gasteiger partial charge in [-0.2, -0.15) is 0 Å². The van der Waals surface area contributed by atoms with Gasteiger partial charge in [-0.05, 0) is 49.4 Å². The highest BCUT2D eigenvalue weighted by Gasteiger charge is 2.45. The summed E-state index contributed by atoms with van der Waals surface area (Å²) in [4.78, 5) is 40.6. The zero-order valence-corrected chi connectivity index (χ0v) is 16.0. The smallest absolute Gasteiger partial charge is 0.254 e. The van der Waals surface area contributed by atoms with Gasteiger partial charge < -0.3 is 20.6 Å². The van der Waals surface area contributed by atoms with Gasteiger partial charge in [0.05, 0.1) is 0 Å². The molecule has 3 rings (SSSR count). The number of aliphatic hydroxyl groups is 1. The Morgan fingerprint density at radius 3 is 2.15 bits per heavy atom. The Kier molecular flexibility index (Phi) is 5.24. The van der Waals surface area contributed by atoms with Gasteiger partial charge in [-0.3, -0.25) is 14.4 Å². The SMILES string of the molecule is Cc1cc(C(N)=O)cc(C(=O)N2CC3CCC(C2)N3C(=O)[C@@H](O)C(C)C)c1. The number of fused-ring (bicyclic) bond motifs is 2. The number of carbonyl (C=O) groups is 3. The molecule has 2 bridgehead atoms. The van der Waals surface area contributed by atoms with Gasteiger partial charge in [0, 0.05) is 36.3 Å². The first kappa shape index (κ1) is 19.4. The van der Waals surface area contributed by atoms with E-state index >= 15 is 0 Å². The Morgan fingerprint density at radius 2 is 1.63 bits per heavy atom. The molecule has 2 aliphatic heterocycles. The number of hydrogen-bond donors (Lipinski definition) is 2. The van der Waals surface area contributed by atoms with Crippen molar-refractivity contribution in [1.29, 1.82) is 0 Å². The van der Waals surface area contributed by atoms with Crippen LogP contribution in [0.2, 0.25) is 0 Å². The van der Waals surface area contributed by atoms with Crippen molar-refractivity contribution in [2.75, 3.05) is 13.1 Å². The van der Waals surface area contributed by atoms with Gasteiger partial charge in [0.25, 0.3) is 11.8 Å². The molecule has 27 heavy (non-hydrogen) atoms. The summed E-state index contributed by atoms with van der Waals surface area (Å²) in [5.41, 5.74) is 6.90. The molecule has 0 spiro atoms. The van der Waals surface area contributed by atoms with E-state index < -0.39 is 12.0 Å². The number of hydrogen-bond acceptors (Lipinski definition) is 4. The Bertz CT molecular complexity index is 762. The molecule has 1 aromatic rings. The van der Waals surface area contributed by atoms with Crippen LogP contribution >= 0.6 is 0 Å². The number of benzene rings is 1. The van der Waals surface area contributed by atoms with Gasteiger partial charge in [0.15, 0.2) is 0 Å². The van der Waals surface area contributed by atoms with Crippen LogP contribution < -0.4 is 5.73 Å². The first-order valence-electron chi connectivity index (χ1n) is 9.40. The predicted molar refractivity (Wildman–Crippen MR) is 100 cm³/mol. The quantitative estimate of drug-likeness (QED) is 0.819. The fourth-order valence-corrected chi connectivity index (χ4v) is 4.10. The minimum atomic E-state index is -1.01. The van der Waals surface area contributed by atoms with E-state index in [-0.39, 0.29) is 29.8 Å². The van der Waals surface area contributed by atoms with Crippen LogP contribution in [0.5, 0.6) is 0 Å². The molecule has 1 aromatic carbocycles. The number of likely N-dealkylation sites (tertiary alicyclic amines) is 1. The second-order valence-corrected chi connectivity index (χ2v) is 7.98. The minimum absolute atomic E-state index is 0.0750. The number of carbonyl (C=O) groups excluding carboxylic acids is 3. The molecule has 3 N–H and O–H groups in total. The number of aliphatic hydroxyl groups excluding tert-OH is 1. The average molecular weight is 373 g/mol. The summed E-state index contributed by atoms with van der Waals surface area (Å²) in [5, 5.41) is 10.2. The second-order valence-electron chi connectivity index (χ2n) is 7.98. The summed E-state index contributed by atoms with van der Waals surface area (Å²) < 4.78 is 0. The van der Waals surface area contributed by atoms with Crippen molar-refractivity contribution in [2.45, 2.75) is 51.8 Å². The van der Waals surface area contributed by atoms with Gasteiger partial charge in [0.2, 0.25) is 5.91 Å². The van der Waals surface area contributed by atoms with E-state index in [0.717, 1.165) is 18.4 Å². The number of nitrogens with two attached hydrogens (primary N) is 1. The molecule has 2 unspecified atom stereocenters. The third-order valence-electron chi connectivity index (χ3n) is 5.52. The molecule has 0 aliphatic carbocycles. The summed E-state index contributed by atoms with van der Waals surface area (Å²) in [6.45, 7) is 6.32. The van der Waals surface area contributed by atoms with E-state index in [1.165, 1.54) is 6.07 Å². The molecular weight excluding hydrogens is 346 g/mol. The van der Waals surface area contributed by atoms with Crippen LogP contribution in [0.3, 0.4) is 0 Å². The first-order valence-corrected chi connectivity index (χ1v) is 9.40. The van der Waals surface area contributed by atoms with Crippen molar-refractivity contribution in [3.63, 3.8) is 0 Å². The maximum Gasteiger partial charge on any atom is 0.254 e. The second kappa shape index (κ2) is 7.31. The van der Waals surface area contributed by atoms with Crippen molar-refractivity contribution in [2.24, 2.45) is 11.7 Å². The summed E-state index contributed by atoms with van der Waals surface area (Å²) >= 11 is 0. The monoisotopic (exact) mass is 373 g/mol. The van der Waals surface area contributed by atoms with E-state index in [4.69, 9.17) is 5.73 Å². The standard InChI is InChI=1S/C20H27N3O4/c1-11(2)17(24)20(27)23-15-4-5-16(23)10-22(9-15)19(26)14-7-12(3)6-13(8-14)18(21)25/h6-8,11,15-17,24H,4-5,9-10H2,1-3H3,(H2,21,25)/t15?,16?,17-/m0/s1. The van der Waals surface area contributed by atoms with E-state index in [0.29, 0.717) is 24.2 Å². The molecular formula is C20H27N3O4.